The maximum atomic E-state index is 11.9. The number of nitrogens with one attached hydrogen (secondary N) is 2. The Balaban J connectivity index is 1.94. The average molecular weight is 421 g/mol. The average Bonchev–Trinajstić information content (AvgIpc) is 3.46. The number of rotatable bonds is 5. The van der Waals surface area contributed by atoms with E-state index in [4.69, 9.17) is 4.42 Å². The van der Waals surface area contributed by atoms with E-state index in [1.165, 1.54) is 12.4 Å². The molecule has 0 aliphatic carbocycles. The van der Waals surface area contributed by atoms with Crippen molar-refractivity contribution in [2.75, 3.05) is 0 Å². The zero-order chi connectivity index (χ0) is 21.9. The van der Waals surface area contributed by atoms with Crippen molar-refractivity contribution in [3.63, 3.8) is 0 Å². The number of fused-ring (bicyclic) bond motifs is 6. The molecule has 5 aromatic rings. The van der Waals surface area contributed by atoms with Crippen molar-refractivity contribution < 1.29 is 34.1 Å². The van der Waals surface area contributed by atoms with Gasteiger partial charge in [0.05, 0.1) is 29.3 Å². The van der Waals surface area contributed by atoms with Crippen LogP contribution in [-0.2, 0) is 6.42 Å². The summed E-state index contributed by atoms with van der Waals surface area (Å²) in [7, 11) is 0. The molecule has 4 aromatic heterocycles. The predicted molar refractivity (Wildman–Crippen MR) is 103 cm³/mol. The van der Waals surface area contributed by atoms with Crippen LogP contribution in [0.5, 0.6) is 0 Å². The predicted octanol–water partition coefficient (Wildman–Crippen LogP) is 2.27. The molecule has 1 aromatic carbocycles. The van der Waals surface area contributed by atoms with Gasteiger partial charge < -0.3 is 29.7 Å². The summed E-state index contributed by atoms with van der Waals surface area (Å²) in [5, 5.41) is 28.8. The van der Waals surface area contributed by atoms with Crippen molar-refractivity contribution in [1.82, 2.24) is 24.9 Å². The molecular weight excluding hydrogens is 410 g/mol. The highest BCUT2D eigenvalue weighted by molar-refractivity contribution is 6.26. The van der Waals surface area contributed by atoms with E-state index in [1.54, 1.807) is 6.20 Å². The summed E-state index contributed by atoms with van der Waals surface area (Å²) in [5.41, 5.74) is 0.0810. The van der Waals surface area contributed by atoms with Gasteiger partial charge in [-0.25, -0.2) is 29.3 Å². The van der Waals surface area contributed by atoms with Gasteiger partial charge in [0.15, 0.2) is 5.58 Å². The molecule has 0 atom stereocenters. The minimum absolute atomic E-state index is 0.0360. The Morgan fingerprint density at radius 1 is 1.00 bits per heavy atom. The number of hydrogen-bond acceptors (Lipinski definition) is 7. The highest BCUT2D eigenvalue weighted by Gasteiger charge is 2.25. The number of nitrogens with zero attached hydrogens (tertiary/aromatic N) is 3. The van der Waals surface area contributed by atoms with Gasteiger partial charge >= 0.3 is 17.9 Å². The van der Waals surface area contributed by atoms with Crippen LogP contribution in [0.2, 0.25) is 0 Å². The Kier molecular flexibility index (Phi) is 3.77. The largest absolute Gasteiger partial charge is 0.478 e. The molecule has 5 rings (SSSR count). The zero-order valence-corrected chi connectivity index (χ0v) is 15.3. The van der Waals surface area contributed by atoms with Gasteiger partial charge in [-0.15, -0.1) is 0 Å². The number of carboxylic acids is 3. The van der Waals surface area contributed by atoms with Crippen LogP contribution >= 0.6 is 0 Å². The maximum Gasteiger partial charge on any atom is 0.354 e. The van der Waals surface area contributed by atoms with Crippen molar-refractivity contribution in [3.8, 4) is 0 Å². The van der Waals surface area contributed by atoms with E-state index >= 15 is 0 Å². The lowest BCUT2D eigenvalue weighted by Gasteiger charge is -2.07. The van der Waals surface area contributed by atoms with E-state index in [0.717, 1.165) is 6.07 Å². The number of aromatic nitrogens is 5. The van der Waals surface area contributed by atoms with Crippen LogP contribution in [0.3, 0.4) is 0 Å². The lowest BCUT2D eigenvalue weighted by molar-refractivity contribution is 0.0678. The van der Waals surface area contributed by atoms with Gasteiger partial charge in [-0.05, 0) is 12.1 Å². The number of hydrogen-bond donors (Lipinski definition) is 5. The molecule has 0 spiro atoms. The Morgan fingerprint density at radius 2 is 1.81 bits per heavy atom. The standard InChI is InChI=1S/C19H11N5O7/c25-17(26)7-2-9(18(27)28)23-14-12(7)13-8(3-10(22-13)19(29)30)16-15(14)24-11(31-16)1-6-4-20-5-21-6/h2-5,23H,1H2,(H,20,21)(H,25,26)(H,27,28)(H,29,30). The third-order valence-corrected chi connectivity index (χ3v) is 4.80. The van der Waals surface area contributed by atoms with Crippen LogP contribution in [0.4, 0.5) is 0 Å². The van der Waals surface area contributed by atoms with Gasteiger partial charge in [0.25, 0.3) is 0 Å². The van der Waals surface area contributed by atoms with Gasteiger partial charge in [0.2, 0.25) is 5.89 Å². The van der Waals surface area contributed by atoms with Gasteiger partial charge in [0, 0.05) is 22.7 Å². The van der Waals surface area contributed by atoms with Crippen molar-refractivity contribution in [2.45, 2.75) is 6.42 Å². The summed E-state index contributed by atoms with van der Waals surface area (Å²) in [6.45, 7) is 0. The van der Waals surface area contributed by atoms with Crippen LogP contribution in [-0.4, -0.2) is 58.1 Å². The molecule has 0 amide bonds. The van der Waals surface area contributed by atoms with E-state index in [-0.39, 0.29) is 62.2 Å². The van der Waals surface area contributed by atoms with Crippen LogP contribution in [0.25, 0.3) is 32.9 Å². The number of imidazole rings is 1. The van der Waals surface area contributed by atoms with E-state index in [0.29, 0.717) is 5.69 Å². The maximum absolute atomic E-state index is 11.9. The quantitative estimate of drug-likeness (QED) is 0.281. The van der Waals surface area contributed by atoms with Crippen molar-refractivity contribution >= 4 is 50.8 Å². The van der Waals surface area contributed by atoms with E-state index in [1.807, 2.05) is 0 Å². The number of carboxylic acid groups (broad SMARTS) is 3. The van der Waals surface area contributed by atoms with E-state index in [2.05, 4.69) is 24.9 Å². The minimum Gasteiger partial charge on any atom is -0.478 e. The highest BCUT2D eigenvalue weighted by Crippen LogP contribution is 2.37. The summed E-state index contributed by atoms with van der Waals surface area (Å²) in [6.07, 6.45) is 3.28. The summed E-state index contributed by atoms with van der Waals surface area (Å²) < 4.78 is 5.85. The van der Waals surface area contributed by atoms with Crippen LogP contribution in [0.15, 0.2) is 29.1 Å². The summed E-state index contributed by atoms with van der Waals surface area (Å²) in [6, 6.07) is 2.22. The minimum atomic E-state index is -1.40. The number of carbonyl (C=O) groups is 3. The molecular formula is C19H11N5O7. The first-order valence-corrected chi connectivity index (χ1v) is 8.79. The number of pyridine rings is 1. The Bertz CT molecular complexity index is 1550. The fourth-order valence-electron chi connectivity index (χ4n) is 3.52. The first-order chi connectivity index (χ1) is 14.8. The van der Waals surface area contributed by atoms with Crippen LogP contribution in [0.1, 0.15) is 42.9 Å². The Labute approximate surface area is 170 Å². The second-order valence-corrected chi connectivity index (χ2v) is 6.70. The number of H-pyrrole nitrogens is 2. The molecule has 0 saturated heterocycles. The number of aromatic amines is 2. The third kappa shape index (κ3) is 2.77. The molecule has 0 aliphatic heterocycles. The third-order valence-electron chi connectivity index (χ3n) is 4.80. The molecule has 0 radical (unpaired) electrons. The number of benzene rings is 1. The molecule has 154 valence electrons. The van der Waals surface area contributed by atoms with Crippen LogP contribution in [0, 0.1) is 0 Å². The molecule has 31 heavy (non-hydrogen) atoms. The summed E-state index contributed by atoms with van der Waals surface area (Å²) in [5.74, 6) is -3.85. The lowest BCUT2D eigenvalue weighted by atomic mass is 10.0. The molecule has 0 bridgehead atoms. The SMILES string of the molecule is O=C(O)c1cc2c(n1)c1c(C(=O)O)cc(C(=O)O)[nH]c1c1nc(Cc3cnc[nH]3)oc21. The Hall–Kier alpha value is -4.74. The Morgan fingerprint density at radius 3 is 2.45 bits per heavy atom. The second kappa shape index (κ2) is 6.38. The molecule has 0 saturated carbocycles. The first kappa shape index (κ1) is 18.3. The summed E-state index contributed by atoms with van der Waals surface area (Å²) in [4.78, 5) is 53.0. The fourth-order valence-corrected chi connectivity index (χ4v) is 3.52. The van der Waals surface area contributed by atoms with Gasteiger partial charge in [-0.3, -0.25) is 0 Å². The second-order valence-electron chi connectivity index (χ2n) is 6.70. The molecule has 0 unspecified atom stereocenters. The molecule has 4 heterocycles. The monoisotopic (exact) mass is 421 g/mol. The number of oxazole rings is 1. The topological polar surface area (TPSA) is 195 Å². The zero-order valence-electron chi connectivity index (χ0n) is 15.3. The molecule has 5 N–H and O–H groups in total. The highest BCUT2D eigenvalue weighted by atomic mass is 16.4. The molecule has 12 nitrogen and oxygen atoms in total. The lowest BCUT2D eigenvalue weighted by Crippen LogP contribution is -2.07. The van der Waals surface area contributed by atoms with E-state index < -0.39 is 17.9 Å². The van der Waals surface area contributed by atoms with E-state index in [9.17, 15) is 29.7 Å². The smallest absolute Gasteiger partial charge is 0.354 e. The van der Waals surface area contributed by atoms with Gasteiger partial charge in [0.1, 0.15) is 16.9 Å². The van der Waals surface area contributed by atoms with Gasteiger partial charge in [-0.1, -0.05) is 0 Å². The normalized spacial score (nSPS) is 11.5. The first-order valence-electron chi connectivity index (χ1n) is 8.79. The fraction of sp³-hybridized carbons (Fsp3) is 0.0526. The van der Waals surface area contributed by atoms with Crippen LogP contribution < -0.4 is 0 Å². The summed E-state index contributed by atoms with van der Waals surface area (Å²) >= 11 is 0. The molecule has 0 aliphatic rings. The molecule has 0 fully saturated rings. The number of aromatic carboxylic acids is 3. The van der Waals surface area contributed by atoms with Crippen molar-refractivity contribution in [3.05, 3.63) is 53.2 Å². The van der Waals surface area contributed by atoms with Crippen molar-refractivity contribution in [2.24, 2.45) is 0 Å². The van der Waals surface area contributed by atoms with Crippen molar-refractivity contribution in [1.29, 1.82) is 0 Å². The van der Waals surface area contributed by atoms with Gasteiger partial charge in [-0.2, -0.15) is 0 Å². The molecule has 12 heteroatoms.